The number of carbonyl (C=O) groups excluding carboxylic acids is 2. The van der Waals surface area contributed by atoms with Gasteiger partial charge in [0.1, 0.15) is 6.10 Å². The quantitative estimate of drug-likeness (QED) is 0.0347. The molecular formula is C56H107NO4. The van der Waals surface area contributed by atoms with Gasteiger partial charge in [-0.2, -0.15) is 0 Å². The third-order valence-corrected chi connectivity index (χ3v) is 12.4. The smallest absolute Gasteiger partial charge is 0.306 e. The minimum Gasteiger partial charge on any atom is -0.466 e. The second-order valence-corrected chi connectivity index (χ2v) is 19.1. The summed E-state index contributed by atoms with van der Waals surface area (Å²) in [6, 6.07) is 0. The summed E-state index contributed by atoms with van der Waals surface area (Å²) in [6.45, 7) is 15.6. The SMILES string of the molecule is CCCCC/C=C\C/C=C\CCCCCCCCOC(=O)CCCCCCCN(CCCCCCCC(=O)OC(CCCCCCCC)CCCCCCCC)CCC(C)C. The Labute approximate surface area is 382 Å². The van der Waals surface area contributed by atoms with Gasteiger partial charge in [-0.1, -0.05) is 200 Å². The first-order chi connectivity index (χ1) is 29.9. The van der Waals surface area contributed by atoms with Crippen LogP contribution in [0.15, 0.2) is 24.3 Å². The molecule has 0 aromatic heterocycles. The maximum absolute atomic E-state index is 12.8. The molecular weight excluding hydrogens is 751 g/mol. The lowest BCUT2D eigenvalue weighted by Gasteiger charge is -2.23. The number of hydrogen-bond donors (Lipinski definition) is 0. The maximum Gasteiger partial charge on any atom is 0.306 e. The van der Waals surface area contributed by atoms with Crippen molar-refractivity contribution in [2.75, 3.05) is 26.2 Å². The molecule has 0 unspecified atom stereocenters. The lowest BCUT2D eigenvalue weighted by Crippen LogP contribution is -2.28. The van der Waals surface area contributed by atoms with Crippen LogP contribution in [0, 0.1) is 5.92 Å². The van der Waals surface area contributed by atoms with Crippen LogP contribution in [0.2, 0.25) is 0 Å². The molecule has 0 aliphatic heterocycles. The molecule has 0 aliphatic rings. The van der Waals surface area contributed by atoms with Crippen molar-refractivity contribution >= 4 is 11.9 Å². The zero-order valence-electron chi connectivity index (χ0n) is 41.9. The van der Waals surface area contributed by atoms with Crippen molar-refractivity contribution in [1.29, 1.82) is 0 Å². The summed E-state index contributed by atoms with van der Waals surface area (Å²) in [5.74, 6) is 0.770. The van der Waals surface area contributed by atoms with E-state index in [1.807, 2.05) is 0 Å². The van der Waals surface area contributed by atoms with E-state index in [2.05, 4.69) is 63.8 Å². The van der Waals surface area contributed by atoms with Crippen LogP contribution in [-0.2, 0) is 19.1 Å². The molecule has 360 valence electrons. The van der Waals surface area contributed by atoms with Gasteiger partial charge in [-0.15, -0.1) is 0 Å². The van der Waals surface area contributed by atoms with Gasteiger partial charge in [0.15, 0.2) is 0 Å². The van der Waals surface area contributed by atoms with E-state index in [0.29, 0.717) is 19.4 Å². The standard InChI is InChI=1S/C56H107NO4/c1-6-9-12-15-18-19-20-21-22-23-24-25-26-27-36-43-52-60-55(58)46-39-32-28-34-41-49-57(51-48-53(4)5)50-42-35-29-33-40-47-56(59)61-54(44-37-30-16-13-10-7-2)45-38-31-17-14-11-8-3/h18-19,21-22,53-54H,6-17,20,23-52H2,1-5H3/b19-18-,22-21-. The number of unbranched alkanes of at least 4 members (excludes halogenated alkanes) is 27. The van der Waals surface area contributed by atoms with Crippen LogP contribution < -0.4 is 0 Å². The van der Waals surface area contributed by atoms with Crippen molar-refractivity contribution in [3.8, 4) is 0 Å². The number of esters is 2. The summed E-state index contributed by atoms with van der Waals surface area (Å²) in [5.41, 5.74) is 0. The summed E-state index contributed by atoms with van der Waals surface area (Å²) in [5, 5.41) is 0. The number of hydrogen-bond acceptors (Lipinski definition) is 5. The van der Waals surface area contributed by atoms with Crippen LogP contribution in [0.5, 0.6) is 0 Å². The summed E-state index contributed by atoms with van der Waals surface area (Å²) >= 11 is 0. The van der Waals surface area contributed by atoms with Crippen molar-refractivity contribution < 1.29 is 19.1 Å². The molecule has 5 heteroatoms. The molecule has 0 aliphatic carbocycles. The van der Waals surface area contributed by atoms with E-state index in [9.17, 15) is 9.59 Å². The first-order valence-electron chi connectivity index (χ1n) is 27.3. The van der Waals surface area contributed by atoms with E-state index in [0.717, 1.165) is 63.7 Å². The predicted molar refractivity (Wildman–Crippen MR) is 267 cm³/mol. The third kappa shape index (κ3) is 47.7. The Morgan fingerprint density at radius 2 is 0.836 bits per heavy atom. The number of rotatable bonds is 49. The molecule has 0 aromatic carbocycles. The van der Waals surface area contributed by atoms with Gasteiger partial charge in [0.25, 0.3) is 0 Å². The molecule has 0 fully saturated rings. The molecule has 0 saturated heterocycles. The fourth-order valence-electron chi connectivity index (χ4n) is 8.21. The second-order valence-electron chi connectivity index (χ2n) is 19.1. The van der Waals surface area contributed by atoms with Gasteiger partial charge in [0, 0.05) is 12.8 Å². The second kappa shape index (κ2) is 49.4. The highest BCUT2D eigenvalue weighted by atomic mass is 16.5. The van der Waals surface area contributed by atoms with E-state index in [-0.39, 0.29) is 18.0 Å². The van der Waals surface area contributed by atoms with Crippen LogP contribution in [0.4, 0.5) is 0 Å². The van der Waals surface area contributed by atoms with Crippen LogP contribution in [0.1, 0.15) is 285 Å². The zero-order valence-corrected chi connectivity index (χ0v) is 41.9. The Morgan fingerprint density at radius 1 is 0.426 bits per heavy atom. The van der Waals surface area contributed by atoms with Gasteiger partial charge in [0.05, 0.1) is 6.61 Å². The van der Waals surface area contributed by atoms with Gasteiger partial charge in [-0.25, -0.2) is 0 Å². The molecule has 61 heavy (non-hydrogen) atoms. The molecule has 0 aromatic rings. The Morgan fingerprint density at radius 3 is 1.36 bits per heavy atom. The third-order valence-electron chi connectivity index (χ3n) is 12.4. The van der Waals surface area contributed by atoms with E-state index in [1.54, 1.807) is 0 Å². The van der Waals surface area contributed by atoms with Gasteiger partial charge >= 0.3 is 11.9 Å². The highest BCUT2D eigenvalue weighted by molar-refractivity contribution is 5.69. The topological polar surface area (TPSA) is 55.8 Å². The fraction of sp³-hybridized carbons (Fsp3) is 0.893. The van der Waals surface area contributed by atoms with Gasteiger partial charge in [-0.05, 0) is 122 Å². The minimum absolute atomic E-state index is 0.00590. The average molecular weight is 858 g/mol. The summed E-state index contributed by atoms with van der Waals surface area (Å²) in [7, 11) is 0. The minimum atomic E-state index is -0.00590. The maximum atomic E-state index is 12.8. The van der Waals surface area contributed by atoms with Crippen molar-refractivity contribution in [2.24, 2.45) is 5.92 Å². The number of carbonyl (C=O) groups is 2. The van der Waals surface area contributed by atoms with E-state index in [4.69, 9.17) is 9.47 Å². The molecule has 0 N–H and O–H groups in total. The van der Waals surface area contributed by atoms with Crippen LogP contribution in [-0.4, -0.2) is 49.2 Å². The van der Waals surface area contributed by atoms with Crippen LogP contribution in [0.25, 0.3) is 0 Å². The number of nitrogens with zero attached hydrogens (tertiary/aromatic N) is 1. The van der Waals surface area contributed by atoms with E-state index in [1.165, 1.54) is 199 Å². The highest BCUT2D eigenvalue weighted by Gasteiger charge is 2.14. The predicted octanol–water partition coefficient (Wildman–Crippen LogP) is 17.8. The Balaban J connectivity index is 3.99. The normalized spacial score (nSPS) is 12.0. The highest BCUT2D eigenvalue weighted by Crippen LogP contribution is 2.19. The van der Waals surface area contributed by atoms with Crippen molar-refractivity contribution in [2.45, 2.75) is 291 Å². The lowest BCUT2D eigenvalue weighted by atomic mass is 10.0. The molecule has 0 radical (unpaired) electrons. The molecule has 0 spiro atoms. The number of allylic oxidation sites excluding steroid dienone is 4. The van der Waals surface area contributed by atoms with Crippen molar-refractivity contribution in [1.82, 2.24) is 4.90 Å². The Bertz CT molecular complexity index is 944. The molecule has 0 bridgehead atoms. The molecule has 0 saturated carbocycles. The lowest BCUT2D eigenvalue weighted by molar-refractivity contribution is -0.150. The first kappa shape index (κ1) is 59.4. The molecule has 0 amide bonds. The number of ether oxygens (including phenoxy) is 2. The molecule has 0 heterocycles. The largest absolute Gasteiger partial charge is 0.466 e. The van der Waals surface area contributed by atoms with Crippen molar-refractivity contribution in [3.05, 3.63) is 24.3 Å². The van der Waals surface area contributed by atoms with E-state index < -0.39 is 0 Å². The van der Waals surface area contributed by atoms with Crippen LogP contribution in [0.3, 0.4) is 0 Å². The van der Waals surface area contributed by atoms with Gasteiger partial charge in [-0.3, -0.25) is 9.59 Å². The van der Waals surface area contributed by atoms with Crippen molar-refractivity contribution in [3.63, 3.8) is 0 Å². The molecule has 5 nitrogen and oxygen atoms in total. The summed E-state index contributed by atoms with van der Waals surface area (Å²) in [6.07, 6.45) is 55.8. The zero-order chi connectivity index (χ0) is 44.5. The monoisotopic (exact) mass is 858 g/mol. The Kier molecular flexibility index (Phi) is 48.1. The van der Waals surface area contributed by atoms with Crippen LogP contribution >= 0.6 is 0 Å². The summed E-state index contributed by atoms with van der Waals surface area (Å²) in [4.78, 5) is 27.7. The summed E-state index contributed by atoms with van der Waals surface area (Å²) < 4.78 is 11.6. The van der Waals surface area contributed by atoms with E-state index >= 15 is 0 Å². The molecule has 0 atom stereocenters. The molecule has 0 rings (SSSR count). The first-order valence-corrected chi connectivity index (χ1v) is 27.3. The fourth-order valence-corrected chi connectivity index (χ4v) is 8.21. The average Bonchev–Trinajstić information content (AvgIpc) is 3.25. The van der Waals surface area contributed by atoms with Gasteiger partial charge < -0.3 is 14.4 Å². The van der Waals surface area contributed by atoms with Gasteiger partial charge in [0.2, 0.25) is 0 Å². The Hall–Kier alpha value is -1.62.